The molecule has 4 rings (SSSR count). The number of fused-ring (bicyclic) bond motifs is 1. The Morgan fingerprint density at radius 3 is 2.31 bits per heavy atom. The lowest BCUT2D eigenvalue weighted by Crippen LogP contribution is -2.30. The monoisotopic (exact) mass is 493 g/mol. The predicted molar refractivity (Wildman–Crippen MR) is 128 cm³/mol. The molecule has 1 heterocycles. The zero-order valence-corrected chi connectivity index (χ0v) is 19.3. The molecule has 1 atom stereocenters. The molecule has 0 aliphatic heterocycles. The van der Waals surface area contributed by atoms with Gasteiger partial charge in [0.1, 0.15) is 5.82 Å². The van der Waals surface area contributed by atoms with Crippen LogP contribution in [0.15, 0.2) is 83.8 Å². The summed E-state index contributed by atoms with van der Waals surface area (Å²) in [6.45, 7) is 1.41. The van der Waals surface area contributed by atoms with E-state index in [1.54, 1.807) is 36.4 Å². The molecule has 0 saturated carbocycles. The Morgan fingerprint density at radius 1 is 1.00 bits per heavy atom. The SMILES string of the molecule is CC(OC(=O)c1cc(-c2ccc(F)cc2)nc2ccccc12)C(=O)Nc1ccc(S(N)(=O)=O)cc1. The number of nitrogens with one attached hydrogen (secondary N) is 1. The number of carbonyl (C=O) groups excluding carboxylic acids is 2. The number of anilines is 1. The van der Waals surface area contributed by atoms with Gasteiger partial charge in [-0.25, -0.2) is 27.7 Å². The maximum absolute atomic E-state index is 13.3. The Labute approximate surface area is 200 Å². The number of sulfonamides is 1. The smallest absolute Gasteiger partial charge is 0.339 e. The number of benzene rings is 3. The summed E-state index contributed by atoms with van der Waals surface area (Å²) in [5.41, 5.74) is 2.10. The van der Waals surface area contributed by atoms with Crippen molar-refractivity contribution < 1.29 is 27.1 Å². The van der Waals surface area contributed by atoms with Gasteiger partial charge in [0, 0.05) is 16.6 Å². The normalized spacial score (nSPS) is 12.2. The summed E-state index contributed by atoms with van der Waals surface area (Å²) in [7, 11) is -3.86. The van der Waals surface area contributed by atoms with Crippen LogP contribution in [-0.4, -0.2) is 31.4 Å². The second-order valence-electron chi connectivity index (χ2n) is 7.69. The molecule has 0 aliphatic carbocycles. The van der Waals surface area contributed by atoms with Crippen LogP contribution in [0.3, 0.4) is 0 Å². The number of nitrogens with zero attached hydrogens (tertiary/aromatic N) is 1. The molecule has 0 spiro atoms. The summed E-state index contributed by atoms with van der Waals surface area (Å²) in [5.74, 6) is -1.74. The van der Waals surface area contributed by atoms with Crippen molar-refractivity contribution in [2.45, 2.75) is 17.9 Å². The number of rotatable bonds is 6. The highest BCUT2D eigenvalue weighted by atomic mass is 32.2. The number of pyridine rings is 1. The number of halogens is 1. The van der Waals surface area contributed by atoms with Gasteiger partial charge in [0.05, 0.1) is 21.7 Å². The quantitative estimate of drug-likeness (QED) is 0.393. The lowest BCUT2D eigenvalue weighted by atomic mass is 10.0. The van der Waals surface area contributed by atoms with Crippen molar-refractivity contribution in [3.63, 3.8) is 0 Å². The molecule has 1 amide bonds. The van der Waals surface area contributed by atoms with Crippen LogP contribution < -0.4 is 10.5 Å². The van der Waals surface area contributed by atoms with Crippen molar-refractivity contribution in [2.24, 2.45) is 5.14 Å². The summed E-state index contributed by atoms with van der Waals surface area (Å²) in [6, 6.07) is 19.5. The van der Waals surface area contributed by atoms with Gasteiger partial charge in [-0.1, -0.05) is 18.2 Å². The van der Waals surface area contributed by atoms with Gasteiger partial charge in [-0.05, 0) is 67.6 Å². The Kier molecular flexibility index (Phi) is 6.59. The number of hydrogen-bond donors (Lipinski definition) is 2. The van der Waals surface area contributed by atoms with Crippen LogP contribution in [0.2, 0.25) is 0 Å². The lowest BCUT2D eigenvalue weighted by molar-refractivity contribution is -0.123. The fraction of sp³-hybridized carbons (Fsp3) is 0.0800. The van der Waals surface area contributed by atoms with Crippen LogP contribution >= 0.6 is 0 Å². The largest absolute Gasteiger partial charge is 0.449 e. The first-order chi connectivity index (χ1) is 16.6. The zero-order chi connectivity index (χ0) is 25.2. The van der Waals surface area contributed by atoms with Gasteiger partial charge in [-0.15, -0.1) is 0 Å². The molecular weight excluding hydrogens is 473 g/mol. The molecular formula is C25H20FN3O5S. The Morgan fingerprint density at radius 2 is 1.66 bits per heavy atom. The molecule has 3 aromatic carbocycles. The van der Waals surface area contributed by atoms with E-state index in [0.29, 0.717) is 27.8 Å². The fourth-order valence-corrected chi connectivity index (χ4v) is 3.88. The predicted octanol–water partition coefficient (Wildman–Crippen LogP) is 3.87. The summed E-state index contributed by atoms with van der Waals surface area (Å²) in [5, 5.41) is 8.16. The highest BCUT2D eigenvalue weighted by Gasteiger charge is 2.22. The van der Waals surface area contributed by atoms with Crippen molar-refractivity contribution in [3.8, 4) is 11.3 Å². The molecule has 0 radical (unpaired) electrons. The molecule has 0 saturated heterocycles. The summed E-state index contributed by atoms with van der Waals surface area (Å²) < 4.78 is 41.5. The van der Waals surface area contributed by atoms with Crippen molar-refractivity contribution in [3.05, 3.63) is 90.2 Å². The van der Waals surface area contributed by atoms with E-state index in [-0.39, 0.29) is 10.5 Å². The molecule has 1 unspecified atom stereocenters. The topological polar surface area (TPSA) is 128 Å². The first kappa shape index (κ1) is 24.0. The van der Waals surface area contributed by atoms with E-state index >= 15 is 0 Å². The third kappa shape index (κ3) is 5.51. The molecule has 1 aromatic heterocycles. The number of aromatic nitrogens is 1. The summed E-state index contributed by atoms with van der Waals surface area (Å²) >= 11 is 0. The second-order valence-corrected chi connectivity index (χ2v) is 9.25. The van der Waals surface area contributed by atoms with Crippen molar-refractivity contribution >= 4 is 38.5 Å². The van der Waals surface area contributed by atoms with Crippen LogP contribution in [0.5, 0.6) is 0 Å². The van der Waals surface area contributed by atoms with Crippen LogP contribution in [0, 0.1) is 5.82 Å². The molecule has 3 N–H and O–H groups in total. The average molecular weight is 494 g/mol. The van der Waals surface area contributed by atoms with Gasteiger partial charge >= 0.3 is 5.97 Å². The van der Waals surface area contributed by atoms with E-state index in [9.17, 15) is 22.4 Å². The van der Waals surface area contributed by atoms with Gasteiger partial charge < -0.3 is 10.1 Å². The maximum atomic E-state index is 13.3. The first-order valence-corrected chi connectivity index (χ1v) is 12.0. The minimum absolute atomic E-state index is 0.100. The van der Waals surface area contributed by atoms with Gasteiger partial charge in [0.25, 0.3) is 5.91 Å². The minimum atomic E-state index is -3.86. The van der Waals surface area contributed by atoms with Crippen molar-refractivity contribution in [1.82, 2.24) is 4.98 Å². The Bertz CT molecular complexity index is 1520. The number of carbonyl (C=O) groups is 2. The van der Waals surface area contributed by atoms with Gasteiger partial charge in [0.15, 0.2) is 6.10 Å². The van der Waals surface area contributed by atoms with E-state index in [4.69, 9.17) is 9.88 Å². The van der Waals surface area contributed by atoms with E-state index < -0.39 is 33.8 Å². The van der Waals surface area contributed by atoms with Gasteiger partial charge in [0.2, 0.25) is 10.0 Å². The number of ether oxygens (including phenoxy) is 1. The first-order valence-electron chi connectivity index (χ1n) is 10.4. The average Bonchev–Trinajstić information content (AvgIpc) is 2.83. The van der Waals surface area contributed by atoms with Crippen LogP contribution in [0.1, 0.15) is 17.3 Å². The number of para-hydroxylation sites is 1. The second kappa shape index (κ2) is 9.61. The molecule has 8 nitrogen and oxygen atoms in total. The Hall–Kier alpha value is -4.15. The zero-order valence-electron chi connectivity index (χ0n) is 18.4. The minimum Gasteiger partial charge on any atom is -0.449 e. The lowest BCUT2D eigenvalue weighted by Gasteiger charge is -2.15. The van der Waals surface area contributed by atoms with Gasteiger partial charge in [-0.3, -0.25) is 4.79 Å². The molecule has 4 aromatic rings. The standard InChI is InChI=1S/C25H20FN3O5S/c1-15(24(30)28-18-10-12-19(13-11-18)35(27,32)33)34-25(31)21-14-23(16-6-8-17(26)9-7-16)29-22-5-3-2-4-20(21)22/h2-15H,1H3,(H,28,30)(H2,27,32,33). The highest BCUT2D eigenvalue weighted by Crippen LogP contribution is 2.26. The maximum Gasteiger partial charge on any atom is 0.339 e. The molecule has 0 aliphatic rings. The van der Waals surface area contributed by atoms with Crippen LogP contribution in [0.25, 0.3) is 22.2 Å². The number of hydrogen-bond acceptors (Lipinski definition) is 6. The van der Waals surface area contributed by atoms with E-state index in [1.807, 2.05) is 0 Å². The molecule has 10 heteroatoms. The highest BCUT2D eigenvalue weighted by molar-refractivity contribution is 7.89. The van der Waals surface area contributed by atoms with E-state index in [1.165, 1.54) is 49.4 Å². The molecule has 35 heavy (non-hydrogen) atoms. The molecule has 0 bridgehead atoms. The van der Waals surface area contributed by atoms with Crippen LogP contribution in [0.4, 0.5) is 10.1 Å². The number of amides is 1. The summed E-state index contributed by atoms with van der Waals surface area (Å²) in [4.78, 5) is 30.1. The molecule has 178 valence electrons. The van der Waals surface area contributed by atoms with Crippen molar-refractivity contribution in [1.29, 1.82) is 0 Å². The van der Waals surface area contributed by atoms with E-state index in [0.717, 1.165) is 0 Å². The van der Waals surface area contributed by atoms with Gasteiger partial charge in [-0.2, -0.15) is 0 Å². The number of nitrogens with two attached hydrogens (primary N) is 1. The third-order valence-corrected chi connectivity index (χ3v) is 6.11. The van der Waals surface area contributed by atoms with E-state index in [2.05, 4.69) is 10.3 Å². The van der Waals surface area contributed by atoms with Crippen molar-refractivity contribution in [2.75, 3.05) is 5.32 Å². The summed E-state index contributed by atoms with van der Waals surface area (Å²) in [6.07, 6.45) is -1.17. The van der Waals surface area contributed by atoms with Crippen LogP contribution in [-0.2, 0) is 19.6 Å². The number of primary sulfonamides is 1. The Balaban J connectivity index is 1.55. The fourth-order valence-electron chi connectivity index (χ4n) is 3.36. The number of esters is 1. The third-order valence-electron chi connectivity index (χ3n) is 5.18. The molecule has 0 fully saturated rings.